The third kappa shape index (κ3) is 3.75. The van der Waals surface area contributed by atoms with E-state index in [1.165, 1.54) is 6.20 Å². The molecule has 1 atom stereocenters. The maximum Gasteiger partial charge on any atom is 0.242 e. The van der Waals surface area contributed by atoms with Crippen molar-refractivity contribution in [1.29, 1.82) is 5.26 Å². The van der Waals surface area contributed by atoms with Crippen LogP contribution in [0.2, 0.25) is 0 Å². The van der Waals surface area contributed by atoms with Gasteiger partial charge in [-0.05, 0) is 36.8 Å². The lowest BCUT2D eigenvalue weighted by molar-refractivity contribution is -0.118. The second kappa shape index (κ2) is 7.67. The Morgan fingerprint density at radius 3 is 2.69 bits per heavy atom. The summed E-state index contributed by atoms with van der Waals surface area (Å²) in [6, 6.07) is 5.14. The Labute approximate surface area is 153 Å². The van der Waals surface area contributed by atoms with Crippen molar-refractivity contribution in [3.63, 3.8) is 0 Å². The van der Waals surface area contributed by atoms with Crippen molar-refractivity contribution < 1.29 is 4.79 Å². The van der Waals surface area contributed by atoms with Gasteiger partial charge in [0.25, 0.3) is 0 Å². The van der Waals surface area contributed by atoms with E-state index in [-0.39, 0.29) is 11.8 Å². The normalized spacial score (nSPS) is 21.0. The molecule has 0 aromatic carbocycles. The Balaban J connectivity index is 1.66. The third-order valence-corrected chi connectivity index (χ3v) is 5.22. The molecule has 2 aromatic rings. The first-order valence-corrected chi connectivity index (χ1v) is 8.94. The average Bonchev–Trinajstić information content (AvgIpc) is 3.03. The number of aromatic nitrogens is 3. The Bertz CT molecular complexity index is 812. The molecule has 1 aliphatic carbocycles. The number of nitrogens with zero attached hydrogens (tertiary/aromatic N) is 4. The average molecular weight is 352 g/mol. The standard InChI is InChI=1S/C19H24N6O/c1-12-3-5-13(6-4-12)17(21)19(26)24-16-8-7-14(10-22-16)18-15(9-20)11-23-25(18)2/h7-8,10-13,17H,3-6,21H2,1-2H3,(H,22,24,26). The van der Waals surface area contributed by atoms with Gasteiger partial charge in [0, 0.05) is 18.8 Å². The summed E-state index contributed by atoms with van der Waals surface area (Å²) in [7, 11) is 1.77. The van der Waals surface area contributed by atoms with E-state index in [0.29, 0.717) is 17.1 Å². The number of amides is 1. The number of hydrogen-bond acceptors (Lipinski definition) is 5. The molecule has 3 rings (SSSR count). The molecule has 7 heteroatoms. The zero-order valence-corrected chi connectivity index (χ0v) is 15.1. The summed E-state index contributed by atoms with van der Waals surface area (Å²) in [5, 5.41) is 16.1. The number of carbonyl (C=O) groups is 1. The Morgan fingerprint density at radius 1 is 1.35 bits per heavy atom. The molecule has 26 heavy (non-hydrogen) atoms. The first-order valence-electron chi connectivity index (χ1n) is 8.94. The van der Waals surface area contributed by atoms with E-state index in [2.05, 4.69) is 28.4 Å². The molecule has 0 spiro atoms. The number of nitrogens with one attached hydrogen (secondary N) is 1. The summed E-state index contributed by atoms with van der Waals surface area (Å²) in [6.45, 7) is 2.24. The molecule has 1 amide bonds. The molecule has 7 nitrogen and oxygen atoms in total. The van der Waals surface area contributed by atoms with Crippen LogP contribution in [0.25, 0.3) is 11.3 Å². The SMILES string of the molecule is CC1CCC(C(N)C(=O)Nc2ccc(-c3c(C#N)cnn3C)cn2)CC1. The number of hydrogen-bond donors (Lipinski definition) is 2. The van der Waals surface area contributed by atoms with Crippen LogP contribution in [-0.2, 0) is 11.8 Å². The van der Waals surface area contributed by atoms with Gasteiger partial charge in [-0.25, -0.2) is 4.98 Å². The van der Waals surface area contributed by atoms with Gasteiger partial charge in [0.05, 0.1) is 23.5 Å². The molecule has 1 aliphatic rings. The van der Waals surface area contributed by atoms with Crippen molar-refractivity contribution >= 4 is 11.7 Å². The van der Waals surface area contributed by atoms with E-state index in [1.807, 2.05) is 6.07 Å². The van der Waals surface area contributed by atoms with E-state index in [1.54, 1.807) is 24.0 Å². The molecule has 0 aliphatic heterocycles. The second-order valence-corrected chi connectivity index (χ2v) is 7.11. The second-order valence-electron chi connectivity index (χ2n) is 7.11. The Kier molecular flexibility index (Phi) is 5.33. The molecule has 2 aromatic heterocycles. The fourth-order valence-corrected chi connectivity index (χ4v) is 3.54. The van der Waals surface area contributed by atoms with Crippen LogP contribution in [0.3, 0.4) is 0 Å². The monoisotopic (exact) mass is 352 g/mol. The summed E-state index contributed by atoms with van der Waals surface area (Å²) in [5.41, 5.74) is 8.12. The smallest absolute Gasteiger partial charge is 0.242 e. The molecule has 0 radical (unpaired) electrons. The summed E-state index contributed by atoms with van der Waals surface area (Å²) in [6.07, 6.45) is 7.41. The lowest BCUT2D eigenvalue weighted by atomic mass is 9.79. The van der Waals surface area contributed by atoms with Crippen molar-refractivity contribution in [3.8, 4) is 17.3 Å². The molecular formula is C19H24N6O. The minimum Gasteiger partial charge on any atom is -0.320 e. The maximum atomic E-state index is 12.4. The largest absolute Gasteiger partial charge is 0.320 e. The van der Waals surface area contributed by atoms with Gasteiger partial charge in [0.15, 0.2) is 0 Å². The van der Waals surface area contributed by atoms with Gasteiger partial charge in [0.2, 0.25) is 5.91 Å². The molecule has 1 saturated carbocycles. The van der Waals surface area contributed by atoms with E-state index in [4.69, 9.17) is 5.73 Å². The highest BCUT2D eigenvalue weighted by Gasteiger charge is 2.28. The van der Waals surface area contributed by atoms with Gasteiger partial charge in [0.1, 0.15) is 11.9 Å². The van der Waals surface area contributed by atoms with Gasteiger partial charge in [-0.1, -0.05) is 19.8 Å². The number of anilines is 1. The minimum absolute atomic E-state index is 0.192. The predicted molar refractivity (Wildman–Crippen MR) is 98.9 cm³/mol. The number of nitriles is 1. The molecule has 0 bridgehead atoms. The van der Waals surface area contributed by atoms with Crippen molar-refractivity contribution in [2.24, 2.45) is 24.6 Å². The van der Waals surface area contributed by atoms with Crippen molar-refractivity contribution in [3.05, 3.63) is 30.1 Å². The van der Waals surface area contributed by atoms with Gasteiger partial charge < -0.3 is 11.1 Å². The highest BCUT2D eigenvalue weighted by atomic mass is 16.2. The fourth-order valence-electron chi connectivity index (χ4n) is 3.54. The first kappa shape index (κ1) is 18.1. The number of nitrogens with two attached hydrogens (primary N) is 1. The van der Waals surface area contributed by atoms with E-state index < -0.39 is 6.04 Å². The Morgan fingerprint density at radius 2 is 2.08 bits per heavy atom. The maximum absolute atomic E-state index is 12.4. The highest BCUT2D eigenvalue weighted by Crippen LogP contribution is 2.30. The predicted octanol–water partition coefficient (Wildman–Crippen LogP) is 2.45. The third-order valence-electron chi connectivity index (χ3n) is 5.22. The minimum atomic E-state index is -0.508. The van der Waals surface area contributed by atoms with E-state index in [9.17, 15) is 10.1 Å². The van der Waals surface area contributed by atoms with Gasteiger partial charge in [-0.3, -0.25) is 9.48 Å². The quantitative estimate of drug-likeness (QED) is 0.878. The molecular weight excluding hydrogens is 328 g/mol. The number of pyridine rings is 1. The van der Waals surface area contributed by atoms with Crippen LogP contribution in [0, 0.1) is 23.2 Å². The van der Waals surface area contributed by atoms with Crippen LogP contribution in [0.5, 0.6) is 0 Å². The zero-order valence-electron chi connectivity index (χ0n) is 15.1. The van der Waals surface area contributed by atoms with Crippen LogP contribution in [0.1, 0.15) is 38.2 Å². The lowest BCUT2D eigenvalue weighted by Crippen LogP contribution is -2.43. The van der Waals surface area contributed by atoms with Gasteiger partial charge >= 0.3 is 0 Å². The molecule has 1 fully saturated rings. The fraction of sp³-hybridized carbons (Fsp3) is 0.474. The van der Waals surface area contributed by atoms with E-state index >= 15 is 0 Å². The topological polar surface area (TPSA) is 110 Å². The summed E-state index contributed by atoms with van der Waals surface area (Å²) >= 11 is 0. The lowest BCUT2D eigenvalue weighted by Gasteiger charge is -2.29. The van der Waals surface area contributed by atoms with Crippen molar-refractivity contribution in [1.82, 2.24) is 14.8 Å². The van der Waals surface area contributed by atoms with Crippen molar-refractivity contribution in [2.75, 3.05) is 5.32 Å². The number of rotatable bonds is 4. The van der Waals surface area contributed by atoms with Crippen LogP contribution in [0.15, 0.2) is 24.5 Å². The molecule has 3 N–H and O–H groups in total. The number of aryl methyl sites for hydroxylation is 1. The first-order chi connectivity index (χ1) is 12.5. The zero-order chi connectivity index (χ0) is 18.7. The van der Waals surface area contributed by atoms with Crippen LogP contribution in [-0.4, -0.2) is 26.7 Å². The summed E-state index contributed by atoms with van der Waals surface area (Å²) in [4.78, 5) is 16.7. The van der Waals surface area contributed by atoms with Crippen LogP contribution in [0.4, 0.5) is 5.82 Å². The van der Waals surface area contributed by atoms with Gasteiger partial charge in [-0.2, -0.15) is 10.4 Å². The van der Waals surface area contributed by atoms with E-state index in [0.717, 1.165) is 37.2 Å². The van der Waals surface area contributed by atoms with Crippen LogP contribution < -0.4 is 11.1 Å². The van der Waals surface area contributed by atoms with Crippen molar-refractivity contribution in [2.45, 2.75) is 38.6 Å². The highest BCUT2D eigenvalue weighted by molar-refractivity contribution is 5.94. The molecule has 0 saturated heterocycles. The number of carbonyl (C=O) groups excluding carboxylic acids is 1. The molecule has 1 unspecified atom stereocenters. The summed E-state index contributed by atoms with van der Waals surface area (Å²) in [5.74, 6) is 1.22. The molecule has 136 valence electrons. The molecule has 2 heterocycles. The summed E-state index contributed by atoms with van der Waals surface area (Å²) < 4.78 is 1.63. The van der Waals surface area contributed by atoms with Gasteiger partial charge in [-0.15, -0.1) is 0 Å². The van der Waals surface area contributed by atoms with Crippen LogP contribution >= 0.6 is 0 Å². The Hall–Kier alpha value is -2.72.